The first kappa shape index (κ1) is 63.1. The summed E-state index contributed by atoms with van der Waals surface area (Å²) in [6.07, 6.45) is 44.5. The normalized spacial score (nSPS) is 21.0. The lowest BCUT2D eigenvalue weighted by Crippen LogP contribution is -2.60. The van der Waals surface area contributed by atoms with Gasteiger partial charge in [0.1, 0.15) is 36.6 Å². The molecule has 0 spiro atoms. The standard InChI is InChI=1S/C56H103NO10/c1-3-5-7-9-11-13-15-17-19-20-21-22-23-24-25-26-27-28-29-30-32-34-36-38-40-42-44-49(60)55(65)57-47(46-66-56-54(64)53(63)52(62)50(45-58)67-56)51(61)48(59)43-41-39-37-35-33-31-18-16-14-12-10-8-6-4-2/h16,18,21-22,24-25,35,37,47-54,56,58-64H,3-15,17,19-20,23,26-34,36,38-46H2,1-2H3,(H,57,65)/b18-16+,22-21-,25-24-,37-35+. The minimum atomic E-state index is -1.67. The molecule has 0 saturated carbocycles. The molecule has 9 atom stereocenters. The highest BCUT2D eigenvalue weighted by Gasteiger charge is 2.44. The lowest BCUT2D eigenvalue weighted by atomic mass is 9.98. The van der Waals surface area contributed by atoms with E-state index < -0.39 is 74.2 Å². The summed E-state index contributed by atoms with van der Waals surface area (Å²) in [6, 6.07) is -1.19. The summed E-state index contributed by atoms with van der Waals surface area (Å²) < 4.78 is 11.1. The Morgan fingerprint density at radius 3 is 1.42 bits per heavy atom. The number of carbonyl (C=O) groups excluding carboxylic acids is 1. The van der Waals surface area contributed by atoms with Crippen molar-refractivity contribution >= 4 is 5.91 Å². The van der Waals surface area contributed by atoms with Crippen molar-refractivity contribution < 1.29 is 50.0 Å². The van der Waals surface area contributed by atoms with Crippen LogP contribution in [-0.2, 0) is 14.3 Å². The average Bonchev–Trinajstić information content (AvgIpc) is 3.33. The van der Waals surface area contributed by atoms with Gasteiger partial charge in [-0.2, -0.15) is 0 Å². The zero-order chi connectivity index (χ0) is 49.0. The summed E-state index contributed by atoms with van der Waals surface area (Å²) in [5, 5.41) is 75.9. The lowest BCUT2D eigenvalue weighted by Gasteiger charge is -2.40. The maximum absolute atomic E-state index is 13.1. The van der Waals surface area contributed by atoms with Crippen molar-refractivity contribution in [2.45, 2.75) is 287 Å². The van der Waals surface area contributed by atoms with Crippen LogP contribution in [0.1, 0.15) is 232 Å². The van der Waals surface area contributed by atoms with Crippen LogP contribution in [0.5, 0.6) is 0 Å². The Labute approximate surface area is 409 Å². The molecule has 392 valence electrons. The number of hydrogen-bond acceptors (Lipinski definition) is 10. The van der Waals surface area contributed by atoms with Gasteiger partial charge in [0.25, 0.3) is 0 Å². The second-order valence-electron chi connectivity index (χ2n) is 19.3. The van der Waals surface area contributed by atoms with E-state index >= 15 is 0 Å². The number of rotatable bonds is 46. The Morgan fingerprint density at radius 2 is 0.940 bits per heavy atom. The number of allylic oxidation sites excluding steroid dienone is 8. The van der Waals surface area contributed by atoms with Gasteiger partial charge in [-0.15, -0.1) is 0 Å². The van der Waals surface area contributed by atoms with Crippen LogP contribution in [0.2, 0.25) is 0 Å². The quantitative estimate of drug-likeness (QED) is 0.0215. The van der Waals surface area contributed by atoms with E-state index in [1.54, 1.807) is 0 Å². The van der Waals surface area contributed by atoms with E-state index in [0.717, 1.165) is 51.4 Å². The highest BCUT2D eigenvalue weighted by molar-refractivity contribution is 5.80. The summed E-state index contributed by atoms with van der Waals surface area (Å²) in [7, 11) is 0. The minimum absolute atomic E-state index is 0.244. The molecule has 9 unspecified atom stereocenters. The highest BCUT2D eigenvalue weighted by Crippen LogP contribution is 2.23. The lowest BCUT2D eigenvalue weighted by molar-refractivity contribution is -0.303. The molecule has 0 aromatic carbocycles. The molecule has 8 N–H and O–H groups in total. The van der Waals surface area contributed by atoms with Crippen LogP contribution < -0.4 is 5.32 Å². The molecule has 11 heteroatoms. The zero-order valence-electron chi connectivity index (χ0n) is 42.6. The fraction of sp³-hybridized carbons (Fsp3) is 0.839. The Bertz CT molecular complexity index is 1230. The Hall–Kier alpha value is -1.93. The first-order valence-corrected chi connectivity index (χ1v) is 27.5. The summed E-state index contributed by atoms with van der Waals surface area (Å²) in [4.78, 5) is 13.1. The number of hydrogen-bond donors (Lipinski definition) is 8. The van der Waals surface area contributed by atoms with Crippen molar-refractivity contribution in [2.75, 3.05) is 13.2 Å². The molecular formula is C56H103NO10. The van der Waals surface area contributed by atoms with Crippen LogP contribution in [-0.4, -0.2) is 110 Å². The number of nitrogens with one attached hydrogen (secondary N) is 1. The van der Waals surface area contributed by atoms with Crippen LogP contribution in [0, 0.1) is 0 Å². The molecule has 0 radical (unpaired) electrons. The van der Waals surface area contributed by atoms with Gasteiger partial charge in [0, 0.05) is 0 Å². The molecule has 1 heterocycles. The van der Waals surface area contributed by atoms with Crippen molar-refractivity contribution in [1.29, 1.82) is 0 Å². The number of amides is 1. The van der Waals surface area contributed by atoms with Gasteiger partial charge in [-0.25, -0.2) is 0 Å². The minimum Gasteiger partial charge on any atom is -0.394 e. The van der Waals surface area contributed by atoms with Crippen molar-refractivity contribution in [3.05, 3.63) is 48.6 Å². The zero-order valence-corrected chi connectivity index (χ0v) is 42.6. The maximum Gasteiger partial charge on any atom is 0.249 e. The molecule has 11 nitrogen and oxygen atoms in total. The van der Waals surface area contributed by atoms with Crippen LogP contribution in [0.4, 0.5) is 0 Å². The van der Waals surface area contributed by atoms with Gasteiger partial charge in [-0.1, -0.05) is 197 Å². The Kier molecular flexibility index (Phi) is 42.6. The summed E-state index contributed by atoms with van der Waals surface area (Å²) in [6.45, 7) is 3.41. The maximum atomic E-state index is 13.1. The van der Waals surface area contributed by atoms with E-state index in [0.29, 0.717) is 19.3 Å². The molecule has 0 aliphatic carbocycles. The first-order chi connectivity index (χ1) is 32.7. The Balaban J connectivity index is 2.33. The molecule has 1 aliphatic heterocycles. The van der Waals surface area contributed by atoms with E-state index in [4.69, 9.17) is 9.47 Å². The van der Waals surface area contributed by atoms with Crippen molar-refractivity contribution in [2.24, 2.45) is 0 Å². The van der Waals surface area contributed by atoms with Crippen molar-refractivity contribution in [3.63, 3.8) is 0 Å². The fourth-order valence-corrected chi connectivity index (χ4v) is 8.55. The van der Waals surface area contributed by atoms with Gasteiger partial charge in [-0.05, 0) is 83.5 Å². The van der Waals surface area contributed by atoms with Gasteiger partial charge in [-0.3, -0.25) is 4.79 Å². The summed E-state index contributed by atoms with van der Waals surface area (Å²) in [5.41, 5.74) is 0. The van der Waals surface area contributed by atoms with Gasteiger partial charge >= 0.3 is 0 Å². The highest BCUT2D eigenvalue weighted by atomic mass is 16.7. The SMILES string of the molecule is CCCCCCC/C=C/CC/C=C/CCCC(O)C(O)C(COC1OC(CO)C(O)C(O)C1O)NC(=O)C(O)CCCCCCCCCCCC/C=C\C/C=C\CCCCCCCCCCC. The molecular weight excluding hydrogens is 847 g/mol. The van der Waals surface area contributed by atoms with Gasteiger partial charge in [0.15, 0.2) is 6.29 Å². The van der Waals surface area contributed by atoms with Gasteiger partial charge < -0.3 is 50.5 Å². The predicted molar refractivity (Wildman–Crippen MR) is 275 cm³/mol. The van der Waals surface area contributed by atoms with Crippen LogP contribution >= 0.6 is 0 Å². The second kappa shape index (κ2) is 45.2. The third-order valence-electron chi connectivity index (χ3n) is 13.1. The predicted octanol–water partition coefficient (Wildman–Crippen LogP) is 10.9. The number of ether oxygens (including phenoxy) is 2. The van der Waals surface area contributed by atoms with Crippen molar-refractivity contribution in [3.8, 4) is 0 Å². The molecule has 67 heavy (non-hydrogen) atoms. The molecule has 1 saturated heterocycles. The topological polar surface area (TPSA) is 189 Å². The number of aliphatic hydroxyl groups excluding tert-OH is 7. The van der Waals surface area contributed by atoms with Crippen LogP contribution in [0.25, 0.3) is 0 Å². The van der Waals surface area contributed by atoms with Crippen LogP contribution in [0.15, 0.2) is 48.6 Å². The second-order valence-corrected chi connectivity index (χ2v) is 19.3. The molecule has 1 rings (SSSR count). The van der Waals surface area contributed by atoms with Gasteiger partial charge in [0.2, 0.25) is 5.91 Å². The third-order valence-corrected chi connectivity index (χ3v) is 13.1. The number of unbranched alkanes of at least 4 members (excludes halogenated alkanes) is 26. The van der Waals surface area contributed by atoms with E-state index in [2.05, 4.69) is 67.8 Å². The summed E-state index contributed by atoms with van der Waals surface area (Å²) >= 11 is 0. The number of aliphatic hydroxyl groups is 7. The Morgan fingerprint density at radius 1 is 0.522 bits per heavy atom. The average molecular weight is 950 g/mol. The van der Waals surface area contributed by atoms with E-state index in [9.17, 15) is 40.5 Å². The molecule has 1 fully saturated rings. The monoisotopic (exact) mass is 950 g/mol. The van der Waals surface area contributed by atoms with Crippen molar-refractivity contribution in [1.82, 2.24) is 5.32 Å². The van der Waals surface area contributed by atoms with E-state index in [1.807, 2.05) is 0 Å². The van der Waals surface area contributed by atoms with Crippen LogP contribution in [0.3, 0.4) is 0 Å². The van der Waals surface area contributed by atoms with E-state index in [1.165, 1.54) is 135 Å². The van der Waals surface area contributed by atoms with E-state index in [-0.39, 0.29) is 12.8 Å². The smallest absolute Gasteiger partial charge is 0.249 e. The largest absolute Gasteiger partial charge is 0.394 e. The fourth-order valence-electron chi connectivity index (χ4n) is 8.55. The molecule has 1 aliphatic rings. The number of carbonyl (C=O) groups is 1. The molecule has 0 aromatic rings. The van der Waals surface area contributed by atoms with Gasteiger partial charge in [0.05, 0.1) is 25.4 Å². The third kappa shape index (κ3) is 34.1. The molecule has 1 amide bonds. The molecule has 0 bridgehead atoms. The first-order valence-electron chi connectivity index (χ1n) is 27.5. The molecule has 0 aromatic heterocycles. The summed E-state index contributed by atoms with van der Waals surface area (Å²) in [5.74, 6) is -0.714.